The van der Waals surface area contributed by atoms with Gasteiger partial charge in [-0.1, -0.05) is 12.1 Å². The van der Waals surface area contributed by atoms with E-state index in [4.69, 9.17) is 0 Å². The maximum Gasteiger partial charge on any atom is 0.251 e. The second-order valence-corrected chi connectivity index (χ2v) is 4.74. The SMILES string of the molecule is O=C(NCCC(O)c1ccc(F)cc1)c1ccc(F)c(F)c1. The highest BCUT2D eigenvalue weighted by atomic mass is 19.2. The van der Waals surface area contributed by atoms with Gasteiger partial charge in [-0.2, -0.15) is 0 Å². The van der Waals surface area contributed by atoms with Crippen LogP contribution in [0.3, 0.4) is 0 Å². The first kappa shape index (κ1) is 16.0. The van der Waals surface area contributed by atoms with Crippen molar-refractivity contribution in [3.8, 4) is 0 Å². The van der Waals surface area contributed by atoms with Crippen molar-refractivity contribution >= 4 is 5.91 Å². The van der Waals surface area contributed by atoms with E-state index in [1.54, 1.807) is 0 Å². The van der Waals surface area contributed by atoms with Gasteiger partial charge in [-0.25, -0.2) is 13.2 Å². The first-order valence-electron chi connectivity index (χ1n) is 6.64. The Kier molecular flexibility index (Phi) is 5.16. The van der Waals surface area contributed by atoms with Crippen molar-refractivity contribution in [1.29, 1.82) is 0 Å². The summed E-state index contributed by atoms with van der Waals surface area (Å²) in [6.07, 6.45) is -0.646. The van der Waals surface area contributed by atoms with Crippen molar-refractivity contribution < 1.29 is 23.1 Å². The summed E-state index contributed by atoms with van der Waals surface area (Å²) in [5.41, 5.74) is 0.527. The van der Waals surface area contributed by atoms with Gasteiger partial charge in [0.05, 0.1) is 6.10 Å². The van der Waals surface area contributed by atoms with Crippen LogP contribution < -0.4 is 5.32 Å². The lowest BCUT2D eigenvalue weighted by molar-refractivity contribution is 0.0942. The van der Waals surface area contributed by atoms with E-state index in [1.807, 2.05) is 0 Å². The van der Waals surface area contributed by atoms with Crippen LogP contribution in [-0.2, 0) is 0 Å². The van der Waals surface area contributed by atoms with Crippen molar-refractivity contribution in [2.75, 3.05) is 6.54 Å². The van der Waals surface area contributed by atoms with Gasteiger partial charge >= 0.3 is 0 Å². The Hall–Kier alpha value is -2.34. The average Bonchev–Trinajstić information content (AvgIpc) is 2.50. The molecule has 0 aliphatic carbocycles. The van der Waals surface area contributed by atoms with E-state index < -0.39 is 29.5 Å². The van der Waals surface area contributed by atoms with Gasteiger partial charge in [-0.3, -0.25) is 4.79 Å². The molecule has 0 saturated heterocycles. The van der Waals surface area contributed by atoms with E-state index in [9.17, 15) is 23.1 Å². The Morgan fingerprint density at radius 1 is 1.05 bits per heavy atom. The normalized spacial score (nSPS) is 12.0. The molecule has 0 radical (unpaired) electrons. The number of amides is 1. The van der Waals surface area contributed by atoms with Gasteiger partial charge in [0.1, 0.15) is 5.82 Å². The molecular formula is C16H14F3NO2. The third kappa shape index (κ3) is 4.08. The standard InChI is InChI=1S/C16H14F3NO2/c17-12-4-1-10(2-5-12)15(21)7-8-20-16(22)11-3-6-13(18)14(19)9-11/h1-6,9,15,21H,7-8H2,(H,20,22). The number of aliphatic hydroxyl groups is 1. The predicted molar refractivity (Wildman–Crippen MR) is 74.7 cm³/mol. The highest BCUT2D eigenvalue weighted by Crippen LogP contribution is 2.16. The summed E-state index contributed by atoms with van der Waals surface area (Å²) >= 11 is 0. The molecule has 1 unspecified atom stereocenters. The molecule has 0 spiro atoms. The number of rotatable bonds is 5. The fourth-order valence-corrected chi connectivity index (χ4v) is 1.91. The lowest BCUT2D eigenvalue weighted by Gasteiger charge is -2.11. The van der Waals surface area contributed by atoms with Crippen molar-refractivity contribution in [2.24, 2.45) is 0 Å². The second-order valence-electron chi connectivity index (χ2n) is 4.74. The monoisotopic (exact) mass is 309 g/mol. The van der Waals surface area contributed by atoms with Crippen LogP contribution in [0.25, 0.3) is 0 Å². The van der Waals surface area contributed by atoms with Crippen LogP contribution in [0.4, 0.5) is 13.2 Å². The zero-order valence-corrected chi connectivity index (χ0v) is 11.5. The molecule has 0 aromatic heterocycles. The lowest BCUT2D eigenvalue weighted by Crippen LogP contribution is -2.25. The maximum atomic E-state index is 13.0. The zero-order valence-electron chi connectivity index (χ0n) is 11.5. The molecule has 2 aromatic rings. The maximum absolute atomic E-state index is 13.0. The molecule has 0 saturated carbocycles. The van der Waals surface area contributed by atoms with Crippen molar-refractivity contribution in [2.45, 2.75) is 12.5 Å². The number of carbonyl (C=O) groups is 1. The predicted octanol–water partition coefficient (Wildman–Crippen LogP) is 2.96. The fourth-order valence-electron chi connectivity index (χ4n) is 1.91. The minimum absolute atomic E-state index is 0.00447. The zero-order chi connectivity index (χ0) is 16.1. The molecule has 6 heteroatoms. The number of nitrogens with one attached hydrogen (secondary N) is 1. The summed E-state index contributed by atoms with van der Waals surface area (Å²) in [5.74, 6) is -3.09. The van der Waals surface area contributed by atoms with E-state index in [2.05, 4.69) is 5.32 Å². The van der Waals surface area contributed by atoms with E-state index in [0.717, 1.165) is 12.1 Å². The molecule has 2 N–H and O–H groups in total. The van der Waals surface area contributed by atoms with Crippen LogP contribution in [0.2, 0.25) is 0 Å². The van der Waals surface area contributed by atoms with Gasteiger partial charge < -0.3 is 10.4 Å². The molecule has 0 bridgehead atoms. The molecule has 22 heavy (non-hydrogen) atoms. The first-order valence-corrected chi connectivity index (χ1v) is 6.64. The lowest BCUT2D eigenvalue weighted by atomic mass is 10.1. The number of halogens is 3. The fraction of sp³-hybridized carbons (Fsp3) is 0.188. The average molecular weight is 309 g/mol. The van der Waals surface area contributed by atoms with Gasteiger partial charge in [0.15, 0.2) is 11.6 Å². The highest BCUT2D eigenvalue weighted by molar-refractivity contribution is 5.94. The topological polar surface area (TPSA) is 49.3 Å². The van der Waals surface area contributed by atoms with Crippen molar-refractivity contribution in [3.05, 3.63) is 71.0 Å². The summed E-state index contributed by atoms with van der Waals surface area (Å²) < 4.78 is 38.5. The number of aliphatic hydroxyl groups excluding tert-OH is 1. The number of hydrogen-bond acceptors (Lipinski definition) is 2. The third-order valence-corrected chi connectivity index (χ3v) is 3.14. The van der Waals surface area contributed by atoms with E-state index >= 15 is 0 Å². The van der Waals surface area contributed by atoms with Gasteiger partial charge in [0.2, 0.25) is 0 Å². The van der Waals surface area contributed by atoms with Gasteiger partial charge in [0, 0.05) is 12.1 Å². The molecule has 0 fully saturated rings. The Balaban J connectivity index is 1.86. The summed E-state index contributed by atoms with van der Waals surface area (Å²) in [4.78, 5) is 11.7. The van der Waals surface area contributed by atoms with Gasteiger partial charge in [0.25, 0.3) is 5.91 Å². The largest absolute Gasteiger partial charge is 0.388 e. The van der Waals surface area contributed by atoms with Crippen LogP contribution in [0.15, 0.2) is 42.5 Å². The second kappa shape index (κ2) is 7.09. The van der Waals surface area contributed by atoms with E-state index in [1.165, 1.54) is 30.3 Å². The van der Waals surface area contributed by atoms with Crippen LogP contribution in [0.5, 0.6) is 0 Å². The van der Waals surface area contributed by atoms with Crippen LogP contribution in [0, 0.1) is 17.5 Å². The van der Waals surface area contributed by atoms with E-state index in [0.29, 0.717) is 5.56 Å². The Labute approximate surface area is 125 Å². The molecule has 0 aliphatic rings. The Bertz CT molecular complexity index is 659. The molecular weight excluding hydrogens is 295 g/mol. The van der Waals surface area contributed by atoms with Crippen LogP contribution in [0.1, 0.15) is 28.4 Å². The van der Waals surface area contributed by atoms with Gasteiger partial charge in [-0.05, 0) is 42.3 Å². The number of carbonyl (C=O) groups excluding carboxylic acids is 1. The molecule has 3 nitrogen and oxygen atoms in total. The molecule has 116 valence electrons. The molecule has 2 aromatic carbocycles. The highest BCUT2D eigenvalue weighted by Gasteiger charge is 2.11. The van der Waals surface area contributed by atoms with Crippen LogP contribution >= 0.6 is 0 Å². The molecule has 1 amide bonds. The Morgan fingerprint density at radius 2 is 1.73 bits per heavy atom. The summed E-state index contributed by atoms with van der Waals surface area (Å²) in [6.45, 7) is 0.135. The van der Waals surface area contributed by atoms with Crippen molar-refractivity contribution in [3.63, 3.8) is 0 Å². The third-order valence-electron chi connectivity index (χ3n) is 3.14. The summed E-state index contributed by atoms with van der Waals surface area (Å²) in [6, 6.07) is 8.23. The summed E-state index contributed by atoms with van der Waals surface area (Å²) in [7, 11) is 0. The molecule has 0 aliphatic heterocycles. The minimum Gasteiger partial charge on any atom is -0.388 e. The first-order chi connectivity index (χ1) is 10.5. The number of benzene rings is 2. The Morgan fingerprint density at radius 3 is 2.36 bits per heavy atom. The van der Waals surface area contributed by atoms with Crippen LogP contribution in [-0.4, -0.2) is 17.6 Å². The van der Waals surface area contributed by atoms with Crippen molar-refractivity contribution in [1.82, 2.24) is 5.32 Å². The van der Waals surface area contributed by atoms with E-state index in [-0.39, 0.29) is 18.5 Å². The smallest absolute Gasteiger partial charge is 0.251 e. The molecule has 2 rings (SSSR count). The quantitative estimate of drug-likeness (QED) is 0.892. The minimum atomic E-state index is -1.10. The number of hydrogen-bond donors (Lipinski definition) is 2. The molecule has 0 heterocycles. The molecule has 1 atom stereocenters. The van der Waals surface area contributed by atoms with Gasteiger partial charge in [-0.15, -0.1) is 0 Å². The summed E-state index contributed by atoms with van der Waals surface area (Å²) in [5, 5.41) is 12.4.